The molecule has 3 rings (SSSR count). The van der Waals surface area contributed by atoms with Gasteiger partial charge in [-0.2, -0.15) is 5.10 Å². The van der Waals surface area contributed by atoms with Gasteiger partial charge in [-0.3, -0.25) is 14.9 Å². The zero-order valence-electron chi connectivity index (χ0n) is 15.7. The molecule has 0 aliphatic rings. The Kier molecular flexibility index (Phi) is 5.93. The average Bonchev–Trinajstić information content (AvgIpc) is 3.21. The predicted octanol–water partition coefficient (Wildman–Crippen LogP) is 3.10. The van der Waals surface area contributed by atoms with Crippen LogP contribution in [0.25, 0.3) is 0 Å². The molecule has 0 saturated heterocycles. The minimum atomic E-state index is -0.576. The highest BCUT2D eigenvalue weighted by atomic mass is 16.6. The molecule has 0 bridgehead atoms. The fraction of sp³-hybridized carbons (Fsp3) is 0.158. The van der Waals surface area contributed by atoms with Crippen molar-refractivity contribution in [3.8, 4) is 17.2 Å². The number of rotatable bonds is 8. The van der Waals surface area contributed by atoms with Gasteiger partial charge < -0.3 is 19.5 Å². The molecule has 3 aromatic rings. The van der Waals surface area contributed by atoms with E-state index in [0.29, 0.717) is 17.2 Å². The lowest BCUT2D eigenvalue weighted by Crippen LogP contribution is -2.15. The molecule has 0 saturated carbocycles. The van der Waals surface area contributed by atoms with Crippen molar-refractivity contribution < 1.29 is 23.9 Å². The minimum absolute atomic E-state index is 0.00447. The number of aromatic nitrogens is 2. The molecule has 0 atom stereocenters. The van der Waals surface area contributed by atoms with Crippen LogP contribution < -0.4 is 19.5 Å². The molecular weight excluding hydrogens is 380 g/mol. The number of nitrogens with zero attached hydrogens (tertiary/aromatic N) is 3. The molecule has 0 aliphatic carbocycles. The van der Waals surface area contributed by atoms with Gasteiger partial charge in [0.05, 0.1) is 19.1 Å². The SMILES string of the molecule is COc1cccc(OC)c1OCn1ccc(C(=O)Nc2ccccc2[N+](=O)[O-])n1. The van der Waals surface area contributed by atoms with Crippen LogP contribution in [-0.2, 0) is 6.73 Å². The maximum atomic E-state index is 12.4. The topological polar surface area (TPSA) is 118 Å². The number of hydrogen-bond donors (Lipinski definition) is 1. The number of nitro groups is 1. The van der Waals surface area contributed by atoms with Crippen LogP contribution in [0.3, 0.4) is 0 Å². The highest BCUT2D eigenvalue weighted by Crippen LogP contribution is 2.36. The van der Waals surface area contributed by atoms with Crippen molar-refractivity contribution >= 4 is 17.3 Å². The quantitative estimate of drug-likeness (QED) is 0.457. The van der Waals surface area contributed by atoms with Gasteiger partial charge in [0.25, 0.3) is 11.6 Å². The summed E-state index contributed by atoms with van der Waals surface area (Å²) in [6, 6.07) is 12.6. The Morgan fingerprint density at radius 3 is 2.45 bits per heavy atom. The normalized spacial score (nSPS) is 10.3. The summed E-state index contributed by atoms with van der Waals surface area (Å²) in [5.41, 5.74) is -0.0299. The van der Waals surface area contributed by atoms with Crippen LogP contribution in [0.2, 0.25) is 0 Å². The van der Waals surface area contributed by atoms with E-state index in [9.17, 15) is 14.9 Å². The Labute approximate surface area is 165 Å². The van der Waals surface area contributed by atoms with Crippen molar-refractivity contribution in [3.05, 3.63) is 70.5 Å². The molecule has 1 aromatic heterocycles. The van der Waals surface area contributed by atoms with Crippen molar-refractivity contribution in [3.63, 3.8) is 0 Å². The van der Waals surface area contributed by atoms with E-state index in [0.717, 1.165) is 0 Å². The first-order valence-corrected chi connectivity index (χ1v) is 8.45. The molecule has 29 heavy (non-hydrogen) atoms. The second-order valence-electron chi connectivity index (χ2n) is 5.73. The van der Waals surface area contributed by atoms with Crippen LogP contribution in [0, 0.1) is 10.1 Å². The van der Waals surface area contributed by atoms with Crippen LogP contribution in [0.15, 0.2) is 54.7 Å². The first-order chi connectivity index (χ1) is 14.0. The molecule has 2 aromatic carbocycles. The number of hydrogen-bond acceptors (Lipinski definition) is 7. The zero-order chi connectivity index (χ0) is 20.8. The molecule has 10 heteroatoms. The molecule has 10 nitrogen and oxygen atoms in total. The van der Waals surface area contributed by atoms with E-state index in [1.165, 1.54) is 43.2 Å². The van der Waals surface area contributed by atoms with E-state index in [2.05, 4.69) is 10.4 Å². The molecule has 1 heterocycles. The number of nitro benzene ring substituents is 1. The maximum absolute atomic E-state index is 12.4. The van der Waals surface area contributed by atoms with Gasteiger partial charge >= 0.3 is 0 Å². The van der Waals surface area contributed by atoms with Crippen LogP contribution in [0.4, 0.5) is 11.4 Å². The van der Waals surface area contributed by atoms with Crippen LogP contribution in [-0.4, -0.2) is 34.8 Å². The fourth-order valence-corrected chi connectivity index (χ4v) is 2.57. The average molecular weight is 398 g/mol. The summed E-state index contributed by atoms with van der Waals surface area (Å²) in [5.74, 6) is 0.809. The summed E-state index contributed by atoms with van der Waals surface area (Å²) in [6.07, 6.45) is 1.55. The number of benzene rings is 2. The van der Waals surface area contributed by atoms with E-state index in [-0.39, 0.29) is 23.8 Å². The number of para-hydroxylation sites is 3. The molecule has 0 spiro atoms. The number of carbonyl (C=O) groups is 1. The third kappa shape index (κ3) is 4.43. The van der Waals surface area contributed by atoms with Gasteiger partial charge in [0.1, 0.15) is 5.69 Å². The summed E-state index contributed by atoms with van der Waals surface area (Å²) in [5, 5.41) is 17.7. The van der Waals surface area contributed by atoms with Gasteiger partial charge in [-0.15, -0.1) is 0 Å². The predicted molar refractivity (Wildman–Crippen MR) is 103 cm³/mol. The van der Waals surface area contributed by atoms with E-state index in [1.54, 1.807) is 30.5 Å². The van der Waals surface area contributed by atoms with Gasteiger partial charge in [-0.1, -0.05) is 18.2 Å². The van der Waals surface area contributed by atoms with E-state index in [4.69, 9.17) is 14.2 Å². The Balaban J connectivity index is 1.70. The van der Waals surface area contributed by atoms with E-state index >= 15 is 0 Å². The minimum Gasteiger partial charge on any atom is -0.493 e. The standard InChI is InChI=1S/C19H18N4O6/c1-27-16-8-5-9-17(28-2)18(16)29-12-22-11-10-14(21-22)19(24)20-13-6-3-4-7-15(13)23(25)26/h3-11H,12H2,1-2H3,(H,20,24). The summed E-state index contributed by atoms with van der Waals surface area (Å²) in [7, 11) is 3.03. The van der Waals surface area contributed by atoms with Crippen molar-refractivity contribution in [2.24, 2.45) is 0 Å². The second kappa shape index (κ2) is 8.74. The third-order valence-electron chi connectivity index (χ3n) is 3.95. The molecular formula is C19H18N4O6. The molecule has 150 valence electrons. The number of amides is 1. The van der Waals surface area contributed by atoms with Crippen LogP contribution >= 0.6 is 0 Å². The maximum Gasteiger partial charge on any atom is 0.292 e. The lowest BCUT2D eigenvalue weighted by molar-refractivity contribution is -0.383. The van der Waals surface area contributed by atoms with Crippen molar-refractivity contribution in [1.82, 2.24) is 9.78 Å². The van der Waals surface area contributed by atoms with Crippen LogP contribution in [0.1, 0.15) is 10.5 Å². The Hall–Kier alpha value is -4.08. The van der Waals surface area contributed by atoms with Crippen LogP contribution in [0.5, 0.6) is 17.2 Å². The summed E-state index contributed by atoms with van der Waals surface area (Å²) in [6.45, 7) is -0.00447. The summed E-state index contributed by atoms with van der Waals surface area (Å²) in [4.78, 5) is 22.9. The molecule has 0 fully saturated rings. The lowest BCUT2D eigenvalue weighted by Gasteiger charge is -2.13. The van der Waals surface area contributed by atoms with Crippen molar-refractivity contribution in [2.75, 3.05) is 19.5 Å². The molecule has 1 N–H and O–H groups in total. The van der Waals surface area contributed by atoms with E-state index in [1.807, 2.05) is 0 Å². The smallest absolute Gasteiger partial charge is 0.292 e. The number of methoxy groups -OCH3 is 2. The highest BCUT2D eigenvalue weighted by molar-refractivity contribution is 6.04. The van der Waals surface area contributed by atoms with E-state index < -0.39 is 10.8 Å². The van der Waals surface area contributed by atoms with Gasteiger partial charge in [-0.25, -0.2) is 4.68 Å². The Morgan fingerprint density at radius 2 is 1.79 bits per heavy atom. The molecule has 0 radical (unpaired) electrons. The van der Waals surface area contributed by atoms with Crippen molar-refractivity contribution in [2.45, 2.75) is 6.73 Å². The number of nitrogens with one attached hydrogen (secondary N) is 1. The fourth-order valence-electron chi connectivity index (χ4n) is 2.57. The Bertz CT molecular complexity index is 1010. The summed E-state index contributed by atoms with van der Waals surface area (Å²) < 4.78 is 17.7. The largest absolute Gasteiger partial charge is 0.493 e. The molecule has 0 aliphatic heterocycles. The Morgan fingerprint density at radius 1 is 1.10 bits per heavy atom. The first-order valence-electron chi connectivity index (χ1n) is 8.45. The molecule has 0 unspecified atom stereocenters. The van der Waals surface area contributed by atoms with Gasteiger partial charge in [0.15, 0.2) is 23.9 Å². The molecule has 1 amide bonds. The zero-order valence-corrected chi connectivity index (χ0v) is 15.7. The number of carbonyl (C=O) groups excluding carboxylic acids is 1. The summed E-state index contributed by atoms with van der Waals surface area (Å²) >= 11 is 0. The second-order valence-corrected chi connectivity index (χ2v) is 5.73. The first kappa shape index (κ1) is 19.7. The lowest BCUT2D eigenvalue weighted by atomic mass is 10.2. The third-order valence-corrected chi connectivity index (χ3v) is 3.95. The van der Waals surface area contributed by atoms with Gasteiger partial charge in [0.2, 0.25) is 5.75 Å². The van der Waals surface area contributed by atoms with Crippen molar-refractivity contribution in [1.29, 1.82) is 0 Å². The highest BCUT2D eigenvalue weighted by Gasteiger charge is 2.17. The van der Waals surface area contributed by atoms with Gasteiger partial charge in [-0.05, 0) is 24.3 Å². The number of ether oxygens (including phenoxy) is 3. The monoisotopic (exact) mass is 398 g/mol. The number of anilines is 1. The van der Waals surface area contributed by atoms with Gasteiger partial charge in [0, 0.05) is 12.3 Å².